The van der Waals surface area contributed by atoms with Gasteiger partial charge in [0, 0.05) is 11.6 Å². The van der Waals surface area contributed by atoms with Gasteiger partial charge in [-0.1, -0.05) is 42.0 Å². The van der Waals surface area contributed by atoms with Gasteiger partial charge >= 0.3 is 0 Å². The largest absolute Gasteiger partial charge is 0.488 e. The van der Waals surface area contributed by atoms with E-state index in [1.807, 2.05) is 55.5 Å². The van der Waals surface area contributed by atoms with Crippen LogP contribution < -0.4 is 10.2 Å². The number of aromatic nitrogens is 1. The van der Waals surface area contributed by atoms with Crippen LogP contribution in [0.2, 0.25) is 0 Å². The van der Waals surface area contributed by atoms with Crippen molar-refractivity contribution in [2.75, 3.05) is 5.43 Å². The van der Waals surface area contributed by atoms with Crippen LogP contribution in [-0.4, -0.2) is 16.1 Å². The first-order chi connectivity index (χ1) is 13.1. The van der Waals surface area contributed by atoms with E-state index in [0.717, 1.165) is 11.1 Å². The van der Waals surface area contributed by atoms with E-state index in [2.05, 4.69) is 15.5 Å². The molecule has 136 valence electrons. The Balaban J connectivity index is 1.63. The number of hydrogen-bond donors (Lipinski definition) is 1. The first-order valence-electron chi connectivity index (χ1n) is 8.29. The van der Waals surface area contributed by atoms with Crippen LogP contribution >= 0.6 is 0 Å². The Kier molecular flexibility index (Phi) is 5.73. The van der Waals surface area contributed by atoms with Crippen LogP contribution in [0.25, 0.3) is 0 Å². The van der Waals surface area contributed by atoms with Crippen LogP contribution in [0.5, 0.6) is 5.75 Å². The lowest BCUT2D eigenvalue weighted by atomic mass is 10.1. The number of pyridine rings is 1. The molecule has 0 saturated carbocycles. The minimum atomic E-state index is -0.498. The number of para-hydroxylation sites is 1. The van der Waals surface area contributed by atoms with Crippen molar-refractivity contribution in [2.24, 2.45) is 5.10 Å². The van der Waals surface area contributed by atoms with Gasteiger partial charge in [-0.15, -0.1) is 0 Å². The van der Waals surface area contributed by atoms with Crippen molar-refractivity contribution >= 4 is 17.7 Å². The molecule has 0 bridgehead atoms. The Morgan fingerprint density at radius 2 is 1.93 bits per heavy atom. The molecule has 0 saturated heterocycles. The van der Waals surface area contributed by atoms with Gasteiger partial charge in [-0.3, -0.25) is 15.5 Å². The molecule has 0 spiro atoms. The summed E-state index contributed by atoms with van der Waals surface area (Å²) in [5, 5.41) is 14.8. The lowest BCUT2D eigenvalue weighted by molar-refractivity contribution is -0.385. The Labute approximate surface area is 156 Å². The highest BCUT2D eigenvalue weighted by molar-refractivity contribution is 5.83. The fourth-order valence-corrected chi connectivity index (χ4v) is 2.29. The van der Waals surface area contributed by atoms with E-state index in [1.165, 1.54) is 23.9 Å². The van der Waals surface area contributed by atoms with E-state index in [4.69, 9.17) is 4.74 Å². The number of nitrogens with one attached hydrogen (secondary N) is 1. The summed E-state index contributed by atoms with van der Waals surface area (Å²) in [7, 11) is 0. The second-order valence-corrected chi connectivity index (χ2v) is 5.84. The molecule has 0 unspecified atom stereocenters. The van der Waals surface area contributed by atoms with Gasteiger partial charge in [-0.25, -0.2) is 4.98 Å². The second-order valence-electron chi connectivity index (χ2n) is 5.84. The Bertz CT molecular complexity index is 938. The van der Waals surface area contributed by atoms with Crippen LogP contribution in [0.3, 0.4) is 0 Å². The molecule has 0 amide bonds. The Hall–Kier alpha value is -3.74. The van der Waals surface area contributed by atoms with Gasteiger partial charge in [-0.2, -0.15) is 5.10 Å². The van der Waals surface area contributed by atoms with Gasteiger partial charge in [-0.05, 0) is 30.7 Å². The second kappa shape index (κ2) is 8.57. The summed E-state index contributed by atoms with van der Waals surface area (Å²) in [5.41, 5.74) is 5.77. The summed E-state index contributed by atoms with van der Waals surface area (Å²) < 4.78 is 5.90. The van der Waals surface area contributed by atoms with Gasteiger partial charge in [0.2, 0.25) is 0 Å². The number of aryl methyl sites for hydroxylation is 1. The van der Waals surface area contributed by atoms with E-state index < -0.39 is 4.92 Å². The van der Waals surface area contributed by atoms with E-state index in [9.17, 15) is 10.1 Å². The molecular weight excluding hydrogens is 344 g/mol. The van der Waals surface area contributed by atoms with Crippen molar-refractivity contribution in [1.82, 2.24) is 4.98 Å². The number of hydrazone groups is 1. The number of anilines is 1. The molecule has 2 aromatic carbocycles. The van der Waals surface area contributed by atoms with Crippen LogP contribution in [0.4, 0.5) is 11.5 Å². The summed E-state index contributed by atoms with van der Waals surface area (Å²) in [6, 6.07) is 18.6. The maximum atomic E-state index is 10.6. The maximum Gasteiger partial charge on any atom is 0.287 e. The molecule has 3 rings (SSSR count). The fraction of sp³-hybridized carbons (Fsp3) is 0.100. The molecule has 0 fully saturated rings. The molecule has 0 radical (unpaired) electrons. The van der Waals surface area contributed by atoms with Crippen molar-refractivity contribution < 1.29 is 9.66 Å². The fourth-order valence-electron chi connectivity index (χ4n) is 2.29. The van der Waals surface area contributed by atoms with Crippen molar-refractivity contribution in [3.8, 4) is 5.75 Å². The SMILES string of the molecule is Cc1ccc(COc2ccccc2/C=N\Nc2ccc([N+](=O)[O-])cn2)cc1. The number of ether oxygens (including phenoxy) is 1. The summed E-state index contributed by atoms with van der Waals surface area (Å²) in [4.78, 5) is 14.1. The molecular formula is C20H18N4O3. The summed E-state index contributed by atoms with van der Waals surface area (Å²) in [6.45, 7) is 2.51. The highest BCUT2D eigenvalue weighted by Gasteiger charge is 2.05. The molecule has 1 heterocycles. The van der Waals surface area contributed by atoms with E-state index >= 15 is 0 Å². The third-order valence-corrected chi connectivity index (χ3v) is 3.78. The predicted octanol–water partition coefficient (Wildman–Crippen LogP) is 4.32. The maximum absolute atomic E-state index is 10.6. The number of rotatable bonds is 7. The molecule has 1 N–H and O–H groups in total. The smallest absolute Gasteiger partial charge is 0.287 e. The van der Waals surface area contributed by atoms with Crippen LogP contribution in [0.15, 0.2) is 72.0 Å². The number of hydrogen-bond acceptors (Lipinski definition) is 6. The third-order valence-electron chi connectivity index (χ3n) is 3.78. The average Bonchev–Trinajstić information content (AvgIpc) is 2.69. The highest BCUT2D eigenvalue weighted by Crippen LogP contribution is 2.18. The van der Waals surface area contributed by atoms with Crippen molar-refractivity contribution in [1.29, 1.82) is 0 Å². The zero-order chi connectivity index (χ0) is 19.1. The van der Waals surface area contributed by atoms with Gasteiger partial charge in [0.25, 0.3) is 5.69 Å². The molecule has 7 nitrogen and oxygen atoms in total. The first-order valence-corrected chi connectivity index (χ1v) is 8.29. The summed E-state index contributed by atoms with van der Waals surface area (Å²) >= 11 is 0. The molecule has 3 aromatic rings. The monoisotopic (exact) mass is 362 g/mol. The summed E-state index contributed by atoms with van der Waals surface area (Å²) in [6.07, 6.45) is 2.80. The number of nitrogens with zero attached hydrogens (tertiary/aromatic N) is 3. The van der Waals surface area contributed by atoms with Gasteiger partial charge < -0.3 is 4.74 Å². The number of nitro groups is 1. The summed E-state index contributed by atoms with van der Waals surface area (Å²) in [5.74, 6) is 1.12. The van der Waals surface area contributed by atoms with E-state index in [-0.39, 0.29) is 5.69 Å². The topological polar surface area (TPSA) is 89.6 Å². The van der Waals surface area contributed by atoms with Gasteiger partial charge in [0.1, 0.15) is 24.4 Å². The molecule has 27 heavy (non-hydrogen) atoms. The zero-order valence-electron chi connectivity index (χ0n) is 14.7. The third kappa shape index (κ3) is 5.12. The highest BCUT2D eigenvalue weighted by atomic mass is 16.6. The zero-order valence-corrected chi connectivity index (χ0v) is 14.7. The van der Waals surface area contributed by atoms with Crippen LogP contribution in [0, 0.1) is 17.0 Å². The predicted molar refractivity (Wildman–Crippen MR) is 104 cm³/mol. The Morgan fingerprint density at radius 3 is 2.63 bits per heavy atom. The molecule has 0 aliphatic rings. The van der Waals surface area contributed by atoms with Gasteiger partial charge in [0.05, 0.1) is 11.1 Å². The quantitative estimate of drug-likeness (QED) is 0.384. The molecule has 0 atom stereocenters. The molecule has 7 heteroatoms. The minimum absolute atomic E-state index is 0.0700. The average molecular weight is 362 g/mol. The molecule has 1 aromatic heterocycles. The lowest BCUT2D eigenvalue weighted by Crippen LogP contribution is -1.99. The van der Waals surface area contributed by atoms with Crippen molar-refractivity contribution in [2.45, 2.75) is 13.5 Å². The van der Waals surface area contributed by atoms with Gasteiger partial charge in [0.15, 0.2) is 0 Å². The number of benzene rings is 2. The van der Waals surface area contributed by atoms with Crippen molar-refractivity contribution in [3.05, 3.63) is 93.7 Å². The first kappa shape index (κ1) is 18.1. The van der Waals surface area contributed by atoms with E-state index in [0.29, 0.717) is 18.2 Å². The van der Waals surface area contributed by atoms with Crippen LogP contribution in [-0.2, 0) is 6.61 Å². The Morgan fingerprint density at radius 1 is 1.15 bits per heavy atom. The molecule has 0 aliphatic heterocycles. The minimum Gasteiger partial charge on any atom is -0.488 e. The molecule has 0 aliphatic carbocycles. The van der Waals surface area contributed by atoms with Crippen LogP contribution in [0.1, 0.15) is 16.7 Å². The van der Waals surface area contributed by atoms with E-state index in [1.54, 1.807) is 6.21 Å². The normalized spacial score (nSPS) is 10.7. The standard InChI is InChI=1S/C20H18N4O3/c1-15-6-8-16(9-7-15)14-27-19-5-3-2-4-17(19)12-22-23-20-11-10-18(13-21-20)24(25)26/h2-13H,14H2,1H3,(H,21,23)/b22-12-. The van der Waals surface area contributed by atoms with Crippen molar-refractivity contribution in [3.63, 3.8) is 0 Å². The lowest BCUT2D eigenvalue weighted by Gasteiger charge is -2.09.